The number of nitrogens with one attached hydrogen (secondary N) is 1. The van der Waals surface area contributed by atoms with Crippen LogP contribution in [0.5, 0.6) is 11.5 Å². The first-order valence-electron chi connectivity index (χ1n) is 6.19. The first-order chi connectivity index (χ1) is 8.88. The molecule has 0 spiro atoms. The van der Waals surface area contributed by atoms with Gasteiger partial charge in [-0.3, -0.25) is 0 Å². The molecule has 0 saturated carbocycles. The van der Waals surface area contributed by atoms with Gasteiger partial charge in [0.25, 0.3) is 0 Å². The molecule has 0 amide bonds. The van der Waals surface area contributed by atoms with Crippen molar-refractivity contribution in [2.24, 2.45) is 0 Å². The maximum absolute atomic E-state index is 5.64. The van der Waals surface area contributed by atoms with E-state index >= 15 is 0 Å². The van der Waals surface area contributed by atoms with Gasteiger partial charge < -0.3 is 14.8 Å². The van der Waals surface area contributed by atoms with Gasteiger partial charge in [0.15, 0.2) is 11.5 Å². The summed E-state index contributed by atoms with van der Waals surface area (Å²) in [5.74, 6) is 1.57. The summed E-state index contributed by atoms with van der Waals surface area (Å²) in [5.41, 5.74) is 0. The summed E-state index contributed by atoms with van der Waals surface area (Å²) in [5, 5.41) is 3.18. The number of benzene rings is 1. The molecule has 0 aliphatic rings. The molecule has 0 aliphatic carbocycles. The van der Waals surface area contributed by atoms with Gasteiger partial charge >= 0.3 is 0 Å². The van der Waals surface area contributed by atoms with Crippen molar-refractivity contribution in [3.63, 3.8) is 0 Å². The lowest BCUT2D eigenvalue weighted by Crippen LogP contribution is -2.12. The second kappa shape index (κ2) is 11.6. The SMILES string of the molecule is C=CCNCC=CCOc1ccccc1OCC.Cl. The maximum Gasteiger partial charge on any atom is 0.161 e. The molecule has 0 saturated heterocycles. The fourth-order valence-electron chi connectivity index (χ4n) is 1.40. The average molecular weight is 284 g/mol. The van der Waals surface area contributed by atoms with E-state index in [1.54, 1.807) is 0 Å². The summed E-state index contributed by atoms with van der Waals surface area (Å²) in [7, 11) is 0. The molecule has 19 heavy (non-hydrogen) atoms. The third-order valence-corrected chi connectivity index (χ3v) is 2.20. The molecule has 0 aliphatic heterocycles. The van der Waals surface area contributed by atoms with E-state index < -0.39 is 0 Å². The lowest BCUT2D eigenvalue weighted by molar-refractivity contribution is 0.296. The van der Waals surface area contributed by atoms with Gasteiger partial charge in [-0.05, 0) is 19.1 Å². The second-order valence-corrected chi connectivity index (χ2v) is 3.61. The maximum atomic E-state index is 5.64. The number of ether oxygens (including phenoxy) is 2. The third-order valence-electron chi connectivity index (χ3n) is 2.20. The van der Waals surface area contributed by atoms with E-state index in [0.717, 1.165) is 24.6 Å². The van der Waals surface area contributed by atoms with Crippen LogP contribution < -0.4 is 14.8 Å². The molecule has 4 heteroatoms. The summed E-state index contributed by atoms with van der Waals surface area (Å²) < 4.78 is 11.1. The predicted molar refractivity (Wildman–Crippen MR) is 82.6 cm³/mol. The highest BCUT2D eigenvalue weighted by Gasteiger charge is 2.01. The molecule has 0 bridgehead atoms. The Morgan fingerprint density at radius 2 is 1.79 bits per heavy atom. The van der Waals surface area contributed by atoms with Gasteiger partial charge in [0.1, 0.15) is 6.61 Å². The minimum atomic E-state index is 0. The van der Waals surface area contributed by atoms with Gasteiger partial charge in [-0.15, -0.1) is 19.0 Å². The van der Waals surface area contributed by atoms with Crippen molar-refractivity contribution in [2.45, 2.75) is 6.92 Å². The summed E-state index contributed by atoms with van der Waals surface area (Å²) in [6, 6.07) is 7.70. The number of hydrogen-bond acceptors (Lipinski definition) is 3. The Bertz CT molecular complexity index is 380. The van der Waals surface area contributed by atoms with Crippen LogP contribution in [0.4, 0.5) is 0 Å². The fourth-order valence-corrected chi connectivity index (χ4v) is 1.40. The zero-order valence-electron chi connectivity index (χ0n) is 11.3. The van der Waals surface area contributed by atoms with Crippen molar-refractivity contribution < 1.29 is 9.47 Å². The quantitative estimate of drug-likeness (QED) is 0.558. The summed E-state index contributed by atoms with van der Waals surface area (Å²) >= 11 is 0. The van der Waals surface area contributed by atoms with Crippen molar-refractivity contribution in [1.82, 2.24) is 5.32 Å². The second-order valence-electron chi connectivity index (χ2n) is 3.61. The lowest BCUT2D eigenvalue weighted by atomic mass is 10.3. The van der Waals surface area contributed by atoms with E-state index in [2.05, 4.69) is 11.9 Å². The van der Waals surface area contributed by atoms with E-state index in [4.69, 9.17) is 9.47 Å². The highest BCUT2D eigenvalue weighted by atomic mass is 35.5. The molecule has 0 fully saturated rings. The van der Waals surface area contributed by atoms with Gasteiger partial charge in [-0.25, -0.2) is 0 Å². The van der Waals surface area contributed by atoms with E-state index in [-0.39, 0.29) is 12.4 Å². The molecule has 1 aromatic rings. The number of rotatable bonds is 9. The van der Waals surface area contributed by atoms with E-state index in [1.165, 1.54) is 0 Å². The smallest absolute Gasteiger partial charge is 0.161 e. The van der Waals surface area contributed by atoms with Gasteiger partial charge in [0, 0.05) is 13.1 Å². The Balaban J connectivity index is 0.00000324. The van der Waals surface area contributed by atoms with Gasteiger partial charge in [0.2, 0.25) is 0 Å². The molecule has 3 nitrogen and oxygen atoms in total. The van der Waals surface area contributed by atoms with Gasteiger partial charge in [0.05, 0.1) is 6.61 Å². The number of hydrogen-bond donors (Lipinski definition) is 1. The van der Waals surface area contributed by atoms with Crippen molar-refractivity contribution >= 4 is 12.4 Å². The van der Waals surface area contributed by atoms with Crippen LogP contribution in [0, 0.1) is 0 Å². The average Bonchev–Trinajstić information content (AvgIpc) is 2.40. The molecule has 0 unspecified atom stereocenters. The van der Waals surface area contributed by atoms with Crippen LogP contribution in [0.2, 0.25) is 0 Å². The molecular weight excluding hydrogens is 262 g/mol. The Hall–Kier alpha value is -1.45. The van der Waals surface area contributed by atoms with Crippen molar-refractivity contribution in [3.05, 3.63) is 49.1 Å². The van der Waals surface area contributed by atoms with Crippen LogP contribution in [0.15, 0.2) is 49.1 Å². The third kappa shape index (κ3) is 7.54. The zero-order valence-corrected chi connectivity index (χ0v) is 12.1. The lowest BCUT2D eigenvalue weighted by Gasteiger charge is -2.09. The molecule has 1 aromatic carbocycles. The van der Waals surface area contributed by atoms with Gasteiger partial charge in [-0.1, -0.05) is 30.4 Å². The topological polar surface area (TPSA) is 30.5 Å². The van der Waals surface area contributed by atoms with Crippen LogP contribution in [0.1, 0.15) is 6.92 Å². The van der Waals surface area contributed by atoms with E-state index in [0.29, 0.717) is 13.2 Å². The molecule has 0 radical (unpaired) electrons. The Morgan fingerprint density at radius 1 is 1.11 bits per heavy atom. The first-order valence-corrected chi connectivity index (χ1v) is 6.19. The molecule has 0 aromatic heterocycles. The van der Waals surface area contributed by atoms with E-state index in [9.17, 15) is 0 Å². The molecule has 0 atom stereocenters. The fraction of sp³-hybridized carbons (Fsp3) is 0.333. The standard InChI is InChI=1S/C15H21NO2.ClH/c1-3-11-16-12-7-8-13-18-15-10-6-5-9-14(15)17-4-2;/h3,5-10,16H,1,4,11-13H2,2H3;1H. The Labute approximate surface area is 121 Å². The summed E-state index contributed by atoms with van der Waals surface area (Å²) in [4.78, 5) is 0. The molecule has 106 valence electrons. The Kier molecular flexibility index (Phi) is 10.7. The number of halogens is 1. The molecule has 0 heterocycles. The van der Waals surface area contributed by atoms with Crippen LogP contribution in [-0.2, 0) is 0 Å². The minimum absolute atomic E-state index is 0. The number of para-hydroxylation sites is 2. The summed E-state index contributed by atoms with van der Waals surface area (Å²) in [6.45, 7) is 8.42. The Morgan fingerprint density at radius 3 is 2.42 bits per heavy atom. The summed E-state index contributed by atoms with van der Waals surface area (Å²) in [6.07, 6.45) is 5.86. The van der Waals surface area contributed by atoms with Crippen LogP contribution >= 0.6 is 12.4 Å². The first kappa shape index (κ1) is 17.6. The zero-order chi connectivity index (χ0) is 13.1. The normalized spacial score (nSPS) is 9.95. The van der Waals surface area contributed by atoms with Crippen LogP contribution in [0.25, 0.3) is 0 Å². The molecule has 1 N–H and O–H groups in total. The monoisotopic (exact) mass is 283 g/mol. The van der Waals surface area contributed by atoms with Crippen molar-refractivity contribution in [2.75, 3.05) is 26.3 Å². The van der Waals surface area contributed by atoms with Crippen molar-refractivity contribution in [1.29, 1.82) is 0 Å². The highest BCUT2D eigenvalue weighted by Crippen LogP contribution is 2.26. The molecular formula is C15H22ClNO2. The van der Waals surface area contributed by atoms with Crippen molar-refractivity contribution in [3.8, 4) is 11.5 Å². The van der Waals surface area contributed by atoms with E-state index in [1.807, 2.05) is 49.4 Å². The van der Waals surface area contributed by atoms with Crippen LogP contribution in [-0.4, -0.2) is 26.3 Å². The minimum Gasteiger partial charge on any atom is -0.490 e. The highest BCUT2D eigenvalue weighted by molar-refractivity contribution is 5.85. The van der Waals surface area contributed by atoms with Gasteiger partial charge in [-0.2, -0.15) is 0 Å². The van der Waals surface area contributed by atoms with Crippen LogP contribution in [0.3, 0.4) is 0 Å². The molecule has 1 rings (SSSR count). The predicted octanol–water partition coefficient (Wildman–Crippen LogP) is 3.22. The largest absolute Gasteiger partial charge is 0.490 e.